The Morgan fingerprint density at radius 2 is 2.00 bits per heavy atom. The zero-order valence-electron chi connectivity index (χ0n) is 10.9. The summed E-state index contributed by atoms with van der Waals surface area (Å²) in [5, 5.41) is 5.05. The zero-order valence-corrected chi connectivity index (χ0v) is 10.9. The van der Waals surface area contributed by atoms with E-state index in [1.807, 2.05) is 34.6 Å². The lowest BCUT2D eigenvalue weighted by Gasteiger charge is -2.31. The summed E-state index contributed by atoms with van der Waals surface area (Å²) in [7, 11) is 0. The number of amides is 4. The molecule has 0 aromatic carbocycles. The van der Waals surface area contributed by atoms with Crippen molar-refractivity contribution < 1.29 is 9.59 Å². The predicted molar refractivity (Wildman–Crippen MR) is 63.3 cm³/mol. The van der Waals surface area contributed by atoms with Gasteiger partial charge in [-0.2, -0.15) is 0 Å². The monoisotopic (exact) mass is 243 g/mol. The third-order valence-electron chi connectivity index (χ3n) is 2.30. The maximum Gasteiger partial charge on any atom is 0.352 e. The number of carbonyl (C=O) groups is 2. The van der Waals surface area contributed by atoms with Crippen molar-refractivity contribution in [2.45, 2.75) is 46.3 Å². The minimum absolute atomic E-state index is 0.0321. The number of nitrogens with two attached hydrogens (primary N) is 1. The fourth-order valence-corrected chi connectivity index (χ4v) is 1.64. The second kappa shape index (κ2) is 4.40. The molecule has 1 heterocycles. The van der Waals surface area contributed by atoms with Gasteiger partial charge in [-0.15, -0.1) is 0 Å². The molecule has 1 rings (SSSR count). The highest BCUT2D eigenvalue weighted by Crippen LogP contribution is 2.17. The van der Waals surface area contributed by atoms with E-state index in [2.05, 4.69) is 10.7 Å². The average molecular weight is 243 g/mol. The molecule has 1 aliphatic heterocycles. The van der Waals surface area contributed by atoms with Crippen molar-refractivity contribution in [2.75, 3.05) is 0 Å². The van der Waals surface area contributed by atoms with Gasteiger partial charge in [0.25, 0.3) is 0 Å². The minimum atomic E-state index is -0.482. The molecular formula is C10H21N5O2. The maximum absolute atomic E-state index is 12.0. The number of nitrogens with one attached hydrogen (secondary N) is 2. The highest BCUT2D eigenvalue weighted by atomic mass is 16.2. The molecule has 7 heteroatoms. The summed E-state index contributed by atoms with van der Waals surface area (Å²) in [4.78, 5) is 23.4. The SMILES string of the molecule is CC(C)C1N(N)C(=O)NN1C(=O)NC(C)(C)C. The fraction of sp³-hybridized carbons (Fsp3) is 0.800. The van der Waals surface area contributed by atoms with Crippen LogP contribution in [0.1, 0.15) is 34.6 Å². The molecule has 1 fully saturated rings. The lowest BCUT2D eigenvalue weighted by molar-refractivity contribution is 0.0962. The summed E-state index contributed by atoms with van der Waals surface area (Å²) >= 11 is 0. The molecule has 17 heavy (non-hydrogen) atoms. The van der Waals surface area contributed by atoms with Gasteiger partial charge in [0.05, 0.1) is 0 Å². The molecule has 0 spiro atoms. The molecule has 7 nitrogen and oxygen atoms in total. The number of rotatable bonds is 1. The van der Waals surface area contributed by atoms with E-state index in [-0.39, 0.29) is 17.5 Å². The topological polar surface area (TPSA) is 90.7 Å². The van der Waals surface area contributed by atoms with Crippen LogP contribution >= 0.6 is 0 Å². The van der Waals surface area contributed by atoms with Crippen LogP contribution in [-0.2, 0) is 0 Å². The average Bonchev–Trinajstić information content (AvgIpc) is 2.40. The lowest BCUT2D eigenvalue weighted by atomic mass is 10.1. The number of carbonyl (C=O) groups excluding carboxylic acids is 2. The Bertz CT molecular complexity index is 323. The molecule has 4 N–H and O–H groups in total. The van der Waals surface area contributed by atoms with E-state index in [4.69, 9.17) is 5.84 Å². The number of hydrazine groups is 2. The predicted octanol–water partition coefficient (Wildman–Crippen LogP) is 0.593. The van der Waals surface area contributed by atoms with Gasteiger partial charge >= 0.3 is 12.1 Å². The molecule has 0 saturated carbocycles. The largest absolute Gasteiger partial charge is 0.352 e. The second-order valence-corrected chi connectivity index (χ2v) is 5.53. The van der Waals surface area contributed by atoms with Crippen LogP contribution in [0.3, 0.4) is 0 Å². The Balaban J connectivity index is 2.82. The van der Waals surface area contributed by atoms with Gasteiger partial charge in [0.1, 0.15) is 6.17 Å². The molecule has 1 unspecified atom stereocenters. The van der Waals surface area contributed by atoms with E-state index in [0.717, 1.165) is 5.01 Å². The van der Waals surface area contributed by atoms with Gasteiger partial charge in [-0.1, -0.05) is 13.8 Å². The van der Waals surface area contributed by atoms with Crippen molar-refractivity contribution in [1.29, 1.82) is 0 Å². The molecule has 4 amide bonds. The summed E-state index contributed by atoms with van der Waals surface area (Å²) in [6.45, 7) is 9.39. The third kappa shape index (κ3) is 3.00. The summed E-state index contributed by atoms with van der Waals surface area (Å²) in [6, 6.07) is -0.842. The summed E-state index contributed by atoms with van der Waals surface area (Å²) in [5.74, 6) is 5.65. The number of hydrogen-bond acceptors (Lipinski definition) is 3. The van der Waals surface area contributed by atoms with E-state index in [1.54, 1.807) is 0 Å². The zero-order chi connectivity index (χ0) is 13.4. The van der Waals surface area contributed by atoms with Gasteiger partial charge in [0.15, 0.2) is 0 Å². The standard InChI is InChI=1S/C10H21N5O2/c1-6(2)7-14(11)9(17)13-15(7)8(16)12-10(3,4)5/h6-7H,11H2,1-5H3,(H,12,16)(H,13,17). The molecule has 98 valence electrons. The summed E-state index contributed by atoms with van der Waals surface area (Å²) < 4.78 is 0. The van der Waals surface area contributed by atoms with Crippen molar-refractivity contribution in [3.63, 3.8) is 0 Å². The van der Waals surface area contributed by atoms with Crippen molar-refractivity contribution >= 4 is 12.1 Å². The first-order valence-electron chi connectivity index (χ1n) is 5.59. The van der Waals surface area contributed by atoms with Crippen LogP contribution in [0.5, 0.6) is 0 Å². The van der Waals surface area contributed by atoms with E-state index in [9.17, 15) is 9.59 Å². The van der Waals surface area contributed by atoms with Gasteiger partial charge in [0, 0.05) is 5.54 Å². The summed E-state index contributed by atoms with van der Waals surface area (Å²) in [6.07, 6.45) is -0.482. The Kier molecular flexibility index (Phi) is 3.51. The minimum Gasteiger partial charge on any atom is -0.332 e. The van der Waals surface area contributed by atoms with E-state index < -0.39 is 12.2 Å². The first kappa shape index (κ1) is 13.6. The first-order valence-corrected chi connectivity index (χ1v) is 5.59. The molecule has 0 radical (unpaired) electrons. The van der Waals surface area contributed by atoms with Crippen LogP contribution < -0.4 is 16.6 Å². The Hall–Kier alpha value is -1.50. The van der Waals surface area contributed by atoms with Crippen LogP contribution in [0.25, 0.3) is 0 Å². The summed E-state index contributed by atoms with van der Waals surface area (Å²) in [5.41, 5.74) is 2.07. The molecule has 0 aromatic heterocycles. The number of urea groups is 2. The van der Waals surface area contributed by atoms with Crippen LogP contribution in [0.4, 0.5) is 9.59 Å². The molecule has 0 aromatic rings. The highest BCUT2D eigenvalue weighted by molar-refractivity contribution is 5.83. The normalized spacial score (nSPS) is 20.9. The van der Waals surface area contributed by atoms with Crippen LogP contribution in [0, 0.1) is 5.92 Å². The van der Waals surface area contributed by atoms with Gasteiger partial charge in [-0.3, -0.25) is 0 Å². The second-order valence-electron chi connectivity index (χ2n) is 5.53. The van der Waals surface area contributed by atoms with Crippen molar-refractivity contribution in [2.24, 2.45) is 11.8 Å². The molecular weight excluding hydrogens is 222 g/mol. The van der Waals surface area contributed by atoms with Gasteiger partial charge in [-0.05, 0) is 26.7 Å². The van der Waals surface area contributed by atoms with Gasteiger partial charge in [0.2, 0.25) is 0 Å². The first-order chi connectivity index (χ1) is 7.63. The number of nitrogens with zero attached hydrogens (tertiary/aromatic N) is 2. The highest BCUT2D eigenvalue weighted by Gasteiger charge is 2.41. The van der Waals surface area contributed by atoms with Crippen molar-refractivity contribution in [1.82, 2.24) is 20.8 Å². The Labute approximate surface area is 101 Å². The van der Waals surface area contributed by atoms with Crippen LogP contribution in [0.15, 0.2) is 0 Å². The molecule has 0 aliphatic carbocycles. The van der Waals surface area contributed by atoms with E-state index >= 15 is 0 Å². The Morgan fingerprint density at radius 1 is 1.47 bits per heavy atom. The molecule has 1 saturated heterocycles. The van der Waals surface area contributed by atoms with E-state index in [1.165, 1.54) is 5.01 Å². The van der Waals surface area contributed by atoms with Crippen molar-refractivity contribution in [3.8, 4) is 0 Å². The molecule has 1 aliphatic rings. The van der Waals surface area contributed by atoms with Crippen LogP contribution in [0.2, 0.25) is 0 Å². The van der Waals surface area contributed by atoms with Gasteiger partial charge < -0.3 is 5.32 Å². The lowest BCUT2D eigenvalue weighted by Crippen LogP contribution is -2.56. The van der Waals surface area contributed by atoms with E-state index in [0.29, 0.717) is 0 Å². The quantitative estimate of drug-likeness (QED) is 0.465. The Morgan fingerprint density at radius 3 is 2.41 bits per heavy atom. The maximum atomic E-state index is 12.0. The molecule has 1 atom stereocenters. The fourth-order valence-electron chi connectivity index (χ4n) is 1.64. The van der Waals surface area contributed by atoms with Crippen molar-refractivity contribution in [3.05, 3.63) is 0 Å². The van der Waals surface area contributed by atoms with Gasteiger partial charge in [-0.25, -0.2) is 30.9 Å². The molecule has 0 bridgehead atoms. The smallest absolute Gasteiger partial charge is 0.332 e. The van der Waals surface area contributed by atoms with Crippen LogP contribution in [-0.4, -0.2) is 33.8 Å². The number of hydrogen-bond donors (Lipinski definition) is 3. The third-order valence-corrected chi connectivity index (χ3v) is 2.30.